The first-order valence-corrected chi connectivity index (χ1v) is 6.89. The van der Waals surface area contributed by atoms with Crippen LogP contribution in [0.5, 0.6) is 0 Å². The van der Waals surface area contributed by atoms with Crippen LogP contribution in [-0.4, -0.2) is 22.2 Å². The zero-order valence-corrected chi connectivity index (χ0v) is 11.7. The van der Waals surface area contributed by atoms with E-state index in [0.29, 0.717) is 12.1 Å². The summed E-state index contributed by atoms with van der Waals surface area (Å²) in [5, 5.41) is 15.8. The lowest BCUT2D eigenvalue weighted by molar-refractivity contribution is 0.144. The number of aryl methyl sites for hydroxylation is 1. The van der Waals surface area contributed by atoms with Crippen LogP contribution in [0.25, 0.3) is 0 Å². The zero-order chi connectivity index (χ0) is 14.8. The highest BCUT2D eigenvalue weighted by Crippen LogP contribution is 2.31. The number of hydrogen-bond acceptors (Lipinski definition) is 3. The third kappa shape index (κ3) is 2.73. The maximum Gasteiger partial charge on any atom is 0.319 e. The number of nitrogens with one attached hydrogen (secondary N) is 2. The van der Waals surface area contributed by atoms with Gasteiger partial charge in [0.15, 0.2) is 0 Å². The number of aliphatic hydroxyl groups excluding tert-OH is 1. The number of anilines is 1. The Bertz CT molecular complexity index is 672. The molecule has 0 bridgehead atoms. The molecule has 0 radical (unpaired) electrons. The van der Waals surface area contributed by atoms with E-state index in [-0.39, 0.29) is 12.1 Å². The molecule has 0 spiro atoms. The van der Waals surface area contributed by atoms with Gasteiger partial charge in [-0.2, -0.15) is 0 Å². The second-order valence-corrected chi connectivity index (χ2v) is 5.24. The van der Waals surface area contributed by atoms with Gasteiger partial charge >= 0.3 is 6.03 Å². The third-order valence-corrected chi connectivity index (χ3v) is 3.76. The van der Waals surface area contributed by atoms with Crippen molar-refractivity contribution in [2.24, 2.45) is 0 Å². The molecule has 0 saturated carbocycles. The largest absolute Gasteiger partial charge is 0.390 e. The molecule has 1 aliphatic rings. The number of pyridine rings is 1. The van der Waals surface area contributed by atoms with Crippen molar-refractivity contribution in [1.82, 2.24) is 10.3 Å². The van der Waals surface area contributed by atoms with Gasteiger partial charge in [0.2, 0.25) is 0 Å². The minimum Gasteiger partial charge on any atom is -0.390 e. The minimum absolute atomic E-state index is 0.329. The van der Waals surface area contributed by atoms with Crippen LogP contribution in [0.15, 0.2) is 42.7 Å². The molecule has 0 unspecified atom stereocenters. The van der Waals surface area contributed by atoms with E-state index in [9.17, 15) is 9.90 Å². The van der Waals surface area contributed by atoms with Crippen molar-refractivity contribution in [3.05, 3.63) is 59.4 Å². The number of aliphatic hydroxyl groups is 1. The Morgan fingerprint density at radius 1 is 1.33 bits per heavy atom. The second kappa shape index (κ2) is 5.54. The Balaban J connectivity index is 1.72. The highest BCUT2D eigenvalue weighted by molar-refractivity contribution is 5.90. The maximum absolute atomic E-state index is 12.1. The Morgan fingerprint density at radius 3 is 2.95 bits per heavy atom. The number of rotatable bonds is 2. The highest BCUT2D eigenvalue weighted by atomic mass is 16.3. The van der Waals surface area contributed by atoms with E-state index in [2.05, 4.69) is 15.6 Å². The average Bonchev–Trinajstić information content (AvgIpc) is 2.78. The molecule has 3 N–H and O–H groups in total. The number of nitrogens with zero attached hydrogens (tertiary/aromatic N) is 1. The molecule has 3 rings (SSSR count). The van der Waals surface area contributed by atoms with Gasteiger partial charge in [-0.15, -0.1) is 0 Å². The summed E-state index contributed by atoms with van der Waals surface area (Å²) in [6.07, 6.45) is 3.29. The fourth-order valence-corrected chi connectivity index (χ4v) is 2.66. The molecule has 5 heteroatoms. The number of amides is 2. The lowest BCUT2D eigenvalue weighted by atomic mass is 10.1. The summed E-state index contributed by atoms with van der Waals surface area (Å²) >= 11 is 0. The van der Waals surface area contributed by atoms with Crippen LogP contribution in [0, 0.1) is 6.92 Å². The van der Waals surface area contributed by atoms with E-state index in [1.807, 2.05) is 31.2 Å². The number of hydrogen-bond donors (Lipinski definition) is 3. The SMILES string of the molecule is Cc1cnccc1NC(=O)N[C@H]1c2ccccc2C[C@H]1O. The van der Waals surface area contributed by atoms with Crippen molar-refractivity contribution in [1.29, 1.82) is 0 Å². The van der Waals surface area contributed by atoms with Gasteiger partial charge in [-0.05, 0) is 29.7 Å². The molecule has 2 amide bonds. The molecule has 108 valence electrons. The van der Waals surface area contributed by atoms with Gasteiger partial charge in [-0.1, -0.05) is 24.3 Å². The molecule has 21 heavy (non-hydrogen) atoms. The van der Waals surface area contributed by atoms with Crippen LogP contribution in [0.3, 0.4) is 0 Å². The first kappa shape index (κ1) is 13.6. The summed E-state index contributed by atoms with van der Waals surface area (Å²) in [6, 6.07) is 8.81. The molecule has 2 atom stereocenters. The van der Waals surface area contributed by atoms with Crippen molar-refractivity contribution >= 4 is 11.7 Å². The van der Waals surface area contributed by atoms with Gasteiger partial charge in [0.05, 0.1) is 12.1 Å². The Kier molecular flexibility index (Phi) is 3.58. The van der Waals surface area contributed by atoms with E-state index in [0.717, 1.165) is 16.7 Å². The molecule has 1 aromatic heterocycles. The first-order chi connectivity index (χ1) is 10.1. The van der Waals surface area contributed by atoms with E-state index in [1.165, 1.54) is 0 Å². The lowest BCUT2D eigenvalue weighted by Crippen LogP contribution is -2.36. The molecule has 0 fully saturated rings. The van der Waals surface area contributed by atoms with Crippen molar-refractivity contribution in [2.75, 3.05) is 5.32 Å². The van der Waals surface area contributed by atoms with Crippen LogP contribution < -0.4 is 10.6 Å². The van der Waals surface area contributed by atoms with Crippen molar-refractivity contribution in [3.8, 4) is 0 Å². The summed E-state index contributed by atoms with van der Waals surface area (Å²) in [7, 11) is 0. The summed E-state index contributed by atoms with van der Waals surface area (Å²) in [4.78, 5) is 16.1. The first-order valence-electron chi connectivity index (χ1n) is 6.89. The Labute approximate surface area is 123 Å². The zero-order valence-electron chi connectivity index (χ0n) is 11.7. The van der Waals surface area contributed by atoms with Crippen LogP contribution in [0.1, 0.15) is 22.7 Å². The Morgan fingerprint density at radius 2 is 2.14 bits per heavy atom. The molecular formula is C16H17N3O2. The predicted octanol–water partition coefficient (Wildman–Crippen LogP) is 2.17. The molecule has 1 aliphatic carbocycles. The van der Waals surface area contributed by atoms with Gasteiger partial charge < -0.3 is 15.7 Å². The monoisotopic (exact) mass is 283 g/mol. The molecule has 0 saturated heterocycles. The van der Waals surface area contributed by atoms with Crippen LogP contribution >= 0.6 is 0 Å². The van der Waals surface area contributed by atoms with Gasteiger partial charge in [0.1, 0.15) is 0 Å². The molecule has 2 aromatic rings. The fourth-order valence-electron chi connectivity index (χ4n) is 2.66. The van der Waals surface area contributed by atoms with Crippen LogP contribution in [-0.2, 0) is 6.42 Å². The normalized spacial score (nSPS) is 19.9. The van der Waals surface area contributed by atoms with Crippen molar-refractivity contribution in [3.63, 3.8) is 0 Å². The third-order valence-electron chi connectivity index (χ3n) is 3.76. The second-order valence-electron chi connectivity index (χ2n) is 5.24. The fraction of sp³-hybridized carbons (Fsp3) is 0.250. The maximum atomic E-state index is 12.1. The van der Waals surface area contributed by atoms with Gasteiger partial charge in [0, 0.05) is 24.5 Å². The average molecular weight is 283 g/mol. The highest BCUT2D eigenvalue weighted by Gasteiger charge is 2.31. The molecular weight excluding hydrogens is 266 g/mol. The summed E-state index contributed by atoms with van der Waals surface area (Å²) < 4.78 is 0. The number of carbonyl (C=O) groups is 1. The number of urea groups is 1. The molecule has 5 nitrogen and oxygen atoms in total. The van der Waals surface area contributed by atoms with Gasteiger partial charge in [0.25, 0.3) is 0 Å². The van der Waals surface area contributed by atoms with Crippen molar-refractivity contribution < 1.29 is 9.90 Å². The topological polar surface area (TPSA) is 74.2 Å². The van der Waals surface area contributed by atoms with Crippen molar-refractivity contribution in [2.45, 2.75) is 25.5 Å². The van der Waals surface area contributed by atoms with Crippen LogP contribution in [0.2, 0.25) is 0 Å². The summed E-state index contributed by atoms with van der Waals surface area (Å²) in [5.41, 5.74) is 3.66. The number of benzene rings is 1. The lowest BCUT2D eigenvalue weighted by Gasteiger charge is -2.18. The van der Waals surface area contributed by atoms with E-state index >= 15 is 0 Å². The van der Waals surface area contributed by atoms with E-state index in [4.69, 9.17) is 0 Å². The minimum atomic E-state index is -0.591. The number of fused-ring (bicyclic) bond motifs is 1. The number of aromatic nitrogens is 1. The molecule has 1 aromatic carbocycles. The number of carbonyl (C=O) groups excluding carboxylic acids is 1. The molecule has 0 aliphatic heterocycles. The standard InChI is InChI=1S/C16H17N3O2/c1-10-9-17-7-6-13(10)18-16(21)19-15-12-5-3-2-4-11(12)8-14(15)20/h2-7,9,14-15,20H,8H2,1H3,(H2,17,18,19,21)/t14-,15+/m1/s1. The predicted molar refractivity (Wildman–Crippen MR) is 80.0 cm³/mol. The van der Waals surface area contributed by atoms with Crippen LogP contribution in [0.4, 0.5) is 10.5 Å². The van der Waals surface area contributed by atoms with Gasteiger partial charge in [-0.25, -0.2) is 4.79 Å². The smallest absolute Gasteiger partial charge is 0.319 e. The summed E-state index contributed by atoms with van der Waals surface area (Å²) in [5.74, 6) is 0. The van der Waals surface area contributed by atoms with E-state index in [1.54, 1.807) is 18.5 Å². The van der Waals surface area contributed by atoms with Gasteiger partial charge in [-0.3, -0.25) is 4.98 Å². The summed E-state index contributed by atoms with van der Waals surface area (Å²) in [6.45, 7) is 1.88. The Hall–Kier alpha value is -2.40. The molecule has 1 heterocycles. The quantitative estimate of drug-likeness (QED) is 0.790. The van der Waals surface area contributed by atoms with E-state index < -0.39 is 6.10 Å².